The zero-order valence-corrected chi connectivity index (χ0v) is 18.5. The van der Waals surface area contributed by atoms with Crippen LogP contribution in [0.1, 0.15) is 0 Å². The lowest BCUT2D eigenvalue weighted by atomic mass is 10.2. The minimum absolute atomic E-state index is 0.840. The van der Waals surface area contributed by atoms with Gasteiger partial charge in [-0.05, 0) is 88.0 Å². The average molecular weight is 642 g/mol. The fourth-order valence-electron chi connectivity index (χ4n) is 1.39. The molecule has 0 amide bonds. The van der Waals surface area contributed by atoms with Crippen LogP contribution >= 0.6 is 95.6 Å². The molecule has 99 valence electrons. The topological polar surface area (TPSA) is 14.1 Å². The van der Waals surface area contributed by atoms with Crippen molar-refractivity contribution < 1.29 is 0 Å². The van der Waals surface area contributed by atoms with Gasteiger partial charge in [0.1, 0.15) is 0 Å². The van der Waals surface area contributed by atoms with Crippen molar-refractivity contribution >= 4 is 107 Å². The van der Waals surface area contributed by atoms with Crippen molar-refractivity contribution in [3.05, 3.63) is 51.1 Å². The van der Waals surface area contributed by atoms with Crippen LogP contribution in [0.3, 0.4) is 0 Å². The molecule has 0 N–H and O–H groups in total. The third-order valence-corrected chi connectivity index (χ3v) is 5.52. The van der Waals surface area contributed by atoms with Crippen LogP contribution in [-0.4, -0.2) is 0 Å². The maximum Gasteiger partial charge on any atom is 0.0922 e. The van der Waals surface area contributed by atoms with Gasteiger partial charge in [0, 0.05) is 26.8 Å². The highest BCUT2D eigenvalue weighted by molar-refractivity contribution is 9.12. The molecule has 0 saturated carbocycles. The smallest absolute Gasteiger partial charge is 0.0922 e. The van der Waals surface area contributed by atoms with E-state index in [9.17, 15) is 0 Å². The third-order valence-electron chi connectivity index (χ3n) is 2.19. The van der Waals surface area contributed by atoms with Crippen molar-refractivity contribution in [2.45, 2.75) is 0 Å². The Bertz CT molecular complexity index is 539. The van der Waals surface area contributed by atoms with Crippen molar-refractivity contribution in [1.29, 1.82) is 0 Å². The molecular weight excluding hydrogens is 638 g/mol. The zero-order valence-electron chi connectivity index (χ0n) is 9.02. The van der Waals surface area contributed by atoms with Crippen LogP contribution in [0, 0.1) is 0 Å². The maximum atomic E-state index is 4.69. The second-order valence-electron chi connectivity index (χ2n) is 3.55. The molecule has 2 rings (SSSR count). The van der Waals surface area contributed by atoms with Crippen molar-refractivity contribution in [3.63, 3.8) is 0 Å². The molecule has 0 aromatic heterocycles. The molecule has 0 heterocycles. The predicted octanol–water partition coefficient (Wildman–Crippen LogP) is 7.83. The quantitative estimate of drug-likeness (QED) is 0.318. The highest BCUT2D eigenvalue weighted by Gasteiger charge is 2.14. The van der Waals surface area contributed by atoms with Gasteiger partial charge in [0.05, 0.1) is 11.4 Å². The van der Waals surface area contributed by atoms with Gasteiger partial charge in [-0.3, -0.25) is 0 Å². The molecule has 1 radical (unpaired) electrons. The minimum atomic E-state index is 0.840. The van der Waals surface area contributed by atoms with Gasteiger partial charge >= 0.3 is 0 Å². The number of rotatable bonds is 2. The molecule has 1 nitrogen and oxygen atoms in total. The van der Waals surface area contributed by atoms with Gasteiger partial charge in [0.2, 0.25) is 0 Å². The van der Waals surface area contributed by atoms with Crippen molar-refractivity contribution in [3.8, 4) is 0 Å². The van der Waals surface area contributed by atoms with Crippen LogP contribution < -0.4 is 5.32 Å². The van der Waals surface area contributed by atoms with E-state index in [1.54, 1.807) is 0 Å². The molecular formula is C12H4Br6N. The Balaban J connectivity index is 2.48. The highest BCUT2D eigenvalue weighted by atomic mass is 79.9. The first-order valence-corrected chi connectivity index (χ1v) is 9.65. The Morgan fingerprint density at radius 3 is 1.05 bits per heavy atom. The van der Waals surface area contributed by atoms with E-state index in [0.717, 1.165) is 38.2 Å². The first kappa shape index (κ1) is 16.5. The van der Waals surface area contributed by atoms with E-state index in [1.165, 1.54) is 0 Å². The van der Waals surface area contributed by atoms with Crippen molar-refractivity contribution in [1.82, 2.24) is 5.32 Å². The number of hydrogen-bond acceptors (Lipinski definition) is 0. The maximum absolute atomic E-state index is 4.69. The van der Waals surface area contributed by atoms with Gasteiger partial charge in [-0.15, -0.1) is 0 Å². The van der Waals surface area contributed by atoms with E-state index in [2.05, 4.69) is 95.6 Å². The monoisotopic (exact) mass is 636 g/mol. The molecule has 0 bridgehead atoms. The average Bonchev–Trinajstić information content (AvgIpc) is 2.25. The van der Waals surface area contributed by atoms with Gasteiger partial charge in [0.25, 0.3) is 0 Å². The van der Waals surface area contributed by atoms with Gasteiger partial charge in [-0.2, -0.15) is 0 Å². The minimum Gasteiger partial charge on any atom is -0.244 e. The van der Waals surface area contributed by atoms with E-state index < -0.39 is 0 Å². The summed E-state index contributed by atoms with van der Waals surface area (Å²) in [6.07, 6.45) is 0. The number of halogens is 6. The van der Waals surface area contributed by atoms with E-state index >= 15 is 0 Å². The van der Waals surface area contributed by atoms with Gasteiger partial charge in [-0.25, -0.2) is 5.32 Å². The summed E-state index contributed by atoms with van der Waals surface area (Å²) in [5.74, 6) is 0. The van der Waals surface area contributed by atoms with Crippen molar-refractivity contribution in [2.24, 2.45) is 0 Å². The highest BCUT2D eigenvalue weighted by Crippen LogP contribution is 2.41. The second kappa shape index (κ2) is 6.92. The van der Waals surface area contributed by atoms with Gasteiger partial charge < -0.3 is 0 Å². The summed E-state index contributed by atoms with van der Waals surface area (Å²) in [5, 5.41) is 4.69. The molecule has 0 unspecified atom stereocenters. The number of hydrogen-bond donors (Lipinski definition) is 0. The van der Waals surface area contributed by atoms with Crippen molar-refractivity contribution in [2.75, 3.05) is 0 Å². The molecule has 0 spiro atoms. The lowest BCUT2D eigenvalue weighted by Crippen LogP contribution is -1.94. The SMILES string of the molecule is Brc1cc(Br)c([N]c2c(Br)cc(Br)cc2Br)c(Br)c1. The molecule has 0 aliphatic carbocycles. The molecule has 2 aromatic carbocycles. The van der Waals surface area contributed by atoms with E-state index in [1.807, 2.05) is 24.3 Å². The lowest BCUT2D eigenvalue weighted by molar-refractivity contribution is 1.14. The molecule has 0 aliphatic rings. The number of nitrogens with zero attached hydrogens (tertiary/aromatic N) is 1. The lowest BCUT2D eigenvalue weighted by Gasteiger charge is -2.12. The van der Waals surface area contributed by atoms with Crippen LogP contribution in [0.15, 0.2) is 51.1 Å². The fourth-order valence-corrected chi connectivity index (χ4v) is 6.27. The first-order valence-electron chi connectivity index (χ1n) is 4.89. The number of benzene rings is 2. The molecule has 0 saturated heterocycles. The second-order valence-corrected chi connectivity index (χ2v) is 8.80. The summed E-state index contributed by atoms with van der Waals surface area (Å²) in [4.78, 5) is 0. The molecule has 7 heteroatoms. The Hall–Kier alpha value is 1.12. The first-order chi connectivity index (χ1) is 8.88. The normalized spacial score (nSPS) is 10.6. The summed E-state index contributed by atoms with van der Waals surface area (Å²) < 4.78 is 5.62. The molecule has 0 aliphatic heterocycles. The molecule has 0 fully saturated rings. The Morgan fingerprint density at radius 2 is 0.789 bits per heavy atom. The van der Waals surface area contributed by atoms with Crippen LogP contribution in [0.4, 0.5) is 11.4 Å². The van der Waals surface area contributed by atoms with Crippen LogP contribution in [0.25, 0.3) is 0 Å². The summed E-state index contributed by atoms with van der Waals surface area (Å²) in [6, 6.07) is 7.85. The van der Waals surface area contributed by atoms with Crippen LogP contribution in [0.2, 0.25) is 0 Å². The third kappa shape index (κ3) is 4.07. The fraction of sp³-hybridized carbons (Fsp3) is 0. The molecule has 19 heavy (non-hydrogen) atoms. The van der Waals surface area contributed by atoms with E-state index in [0.29, 0.717) is 0 Å². The Morgan fingerprint density at radius 1 is 0.526 bits per heavy atom. The van der Waals surface area contributed by atoms with E-state index in [4.69, 9.17) is 5.32 Å². The van der Waals surface area contributed by atoms with Crippen LogP contribution in [0.5, 0.6) is 0 Å². The summed E-state index contributed by atoms with van der Waals surface area (Å²) in [7, 11) is 0. The summed E-state index contributed by atoms with van der Waals surface area (Å²) in [6.45, 7) is 0. The zero-order chi connectivity index (χ0) is 14.2. The largest absolute Gasteiger partial charge is 0.244 e. The van der Waals surface area contributed by atoms with Gasteiger partial charge in [-0.1, -0.05) is 31.9 Å². The summed E-state index contributed by atoms with van der Waals surface area (Å²) >= 11 is 21.0. The Kier molecular flexibility index (Phi) is 6.01. The Labute approximate surface area is 161 Å². The molecule has 2 aromatic rings. The van der Waals surface area contributed by atoms with Crippen LogP contribution in [-0.2, 0) is 0 Å². The van der Waals surface area contributed by atoms with Gasteiger partial charge in [0.15, 0.2) is 0 Å². The van der Waals surface area contributed by atoms with E-state index in [-0.39, 0.29) is 0 Å². The molecule has 0 atom stereocenters. The summed E-state index contributed by atoms with van der Waals surface area (Å²) in [5.41, 5.74) is 1.68. The standard InChI is InChI=1S/C12H4Br6N/c13-5-1-7(15)11(8(16)2-5)19-12-9(17)3-6(14)4-10(12)18/h1-4H. The predicted molar refractivity (Wildman–Crippen MR) is 101 cm³/mol.